The topological polar surface area (TPSA) is 95.2 Å². The van der Waals surface area contributed by atoms with Crippen molar-refractivity contribution >= 4 is 29.2 Å². The summed E-state index contributed by atoms with van der Waals surface area (Å²) in [5.41, 5.74) is 5.74. The Balaban J connectivity index is 1.60. The number of nitrogens with zero attached hydrogens (tertiary/aromatic N) is 1. The maximum Gasteiger partial charge on any atom is 0.283 e. The quantitative estimate of drug-likeness (QED) is 0.546. The number of nitrogens with two attached hydrogens (primary N) is 1. The molecule has 2 aliphatic heterocycles. The van der Waals surface area contributed by atoms with Crippen molar-refractivity contribution in [2.24, 2.45) is 10.7 Å². The predicted octanol–water partition coefficient (Wildman–Crippen LogP) is 4.96. The predicted molar refractivity (Wildman–Crippen MR) is 122 cm³/mol. The average Bonchev–Trinajstić information content (AvgIpc) is 2.80. The van der Waals surface area contributed by atoms with Crippen molar-refractivity contribution in [1.29, 1.82) is 0 Å². The zero-order chi connectivity index (χ0) is 24.0. The van der Waals surface area contributed by atoms with Crippen LogP contribution in [0.1, 0.15) is 27.9 Å². The van der Waals surface area contributed by atoms with E-state index in [0.29, 0.717) is 35.5 Å². The van der Waals surface area contributed by atoms with Gasteiger partial charge in [-0.2, -0.15) is 0 Å². The number of hydrogen-bond acceptors (Lipinski definition) is 6. The second kappa shape index (κ2) is 8.18. The first kappa shape index (κ1) is 22.0. The molecule has 34 heavy (non-hydrogen) atoms. The Morgan fingerprint density at radius 3 is 2.71 bits per heavy atom. The number of carbonyl (C=O) groups is 1. The lowest BCUT2D eigenvalue weighted by molar-refractivity contribution is 0.0624. The minimum Gasteiger partial charge on any atom is -0.497 e. The Morgan fingerprint density at radius 2 is 1.97 bits per heavy atom. The third-order valence-corrected chi connectivity index (χ3v) is 5.99. The minimum absolute atomic E-state index is 0.0111. The molecule has 7 nitrogen and oxygen atoms in total. The van der Waals surface area contributed by atoms with E-state index in [-0.39, 0.29) is 28.1 Å². The van der Waals surface area contributed by atoms with Crippen molar-refractivity contribution in [3.05, 3.63) is 81.9 Å². The number of fused-ring (bicyclic) bond motifs is 4. The third kappa shape index (κ3) is 3.58. The monoisotopic (exact) mass is 485 g/mol. The van der Waals surface area contributed by atoms with Gasteiger partial charge < -0.3 is 25.3 Å². The van der Waals surface area contributed by atoms with Gasteiger partial charge in [-0.3, -0.25) is 4.79 Å². The first-order chi connectivity index (χ1) is 16.3. The first-order valence-corrected chi connectivity index (χ1v) is 10.6. The van der Waals surface area contributed by atoms with Crippen molar-refractivity contribution in [3.8, 4) is 17.2 Å². The Bertz CT molecular complexity index is 1360. The molecule has 3 N–H and O–H groups in total. The molecule has 1 amide bonds. The van der Waals surface area contributed by atoms with E-state index in [1.165, 1.54) is 25.3 Å². The highest BCUT2D eigenvalue weighted by Crippen LogP contribution is 2.53. The van der Waals surface area contributed by atoms with Crippen molar-refractivity contribution < 1.29 is 27.8 Å². The van der Waals surface area contributed by atoms with Gasteiger partial charge in [0.05, 0.1) is 12.7 Å². The zero-order valence-corrected chi connectivity index (χ0v) is 18.6. The molecule has 0 radical (unpaired) electrons. The zero-order valence-electron chi connectivity index (χ0n) is 17.8. The van der Waals surface area contributed by atoms with Crippen molar-refractivity contribution in [2.45, 2.75) is 12.0 Å². The van der Waals surface area contributed by atoms with Crippen LogP contribution in [0.15, 0.2) is 53.5 Å². The summed E-state index contributed by atoms with van der Waals surface area (Å²) in [6.45, 7) is 0.316. The molecule has 0 aromatic heterocycles. The number of ether oxygens (including phenoxy) is 3. The molecule has 3 aromatic carbocycles. The van der Waals surface area contributed by atoms with Crippen LogP contribution in [0, 0.1) is 11.6 Å². The molecular weight excluding hydrogens is 468 g/mol. The van der Waals surface area contributed by atoms with Gasteiger partial charge in [0.15, 0.2) is 17.2 Å². The first-order valence-electron chi connectivity index (χ1n) is 10.3. The van der Waals surface area contributed by atoms with Crippen LogP contribution in [0.2, 0.25) is 5.02 Å². The number of aliphatic imine (C=N–C) groups is 1. The molecular formula is C24H18ClF2N3O4. The molecule has 5 rings (SSSR count). The van der Waals surface area contributed by atoms with Gasteiger partial charge in [0.25, 0.3) is 11.9 Å². The number of nitrogens with one attached hydrogen (secondary N) is 1. The van der Waals surface area contributed by atoms with Crippen LogP contribution in [-0.4, -0.2) is 25.6 Å². The van der Waals surface area contributed by atoms with Crippen LogP contribution in [0.25, 0.3) is 0 Å². The van der Waals surface area contributed by atoms with E-state index in [2.05, 4.69) is 10.3 Å². The summed E-state index contributed by atoms with van der Waals surface area (Å²) in [7, 11) is 1.42. The summed E-state index contributed by atoms with van der Waals surface area (Å²) >= 11 is 5.77. The van der Waals surface area contributed by atoms with Crippen molar-refractivity contribution in [2.75, 3.05) is 19.0 Å². The van der Waals surface area contributed by atoms with E-state index < -0.39 is 23.1 Å². The summed E-state index contributed by atoms with van der Waals surface area (Å²) in [6, 6.07) is 11.3. The van der Waals surface area contributed by atoms with Crippen LogP contribution < -0.4 is 20.5 Å². The minimum atomic E-state index is -1.24. The van der Waals surface area contributed by atoms with Crippen molar-refractivity contribution in [1.82, 2.24) is 0 Å². The standard InChI is InChI=1S/C24H18ClF2N3O4/c1-32-14-10-17-21(19(27)11-14)33-20-5-3-13(9-16(20)24(17)6-7-29-23(28)34-24)30-22(31)15-4-2-12(25)8-18(15)26/h2-5,8-11H,6-7H2,1H3,(H2,28,29)(H,30,31)/t24-/m0/s1. The Kier molecular flexibility index (Phi) is 5.28. The number of amides is 1. The normalized spacial score (nSPS) is 18.2. The van der Waals surface area contributed by atoms with E-state index >= 15 is 0 Å². The van der Waals surface area contributed by atoms with Gasteiger partial charge in [-0.25, -0.2) is 13.8 Å². The summed E-state index contributed by atoms with van der Waals surface area (Å²) in [5.74, 6) is -1.46. The molecule has 0 fully saturated rings. The number of methoxy groups -OCH3 is 1. The highest BCUT2D eigenvalue weighted by Gasteiger charge is 2.48. The molecule has 0 saturated carbocycles. The summed E-state index contributed by atoms with van der Waals surface area (Å²) in [4.78, 5) is 16.8. The second-order valence-corrected chi connectivity index (χ2v) is 8.21. The van der Waals surface area contributed by atoms with Gasteiger partial charge in [-0.05, 0) is 42.5 Å². The van der Waals surface area contributed by atoms with E-state index in [1.54, 1.807) is 24.3 Å². The summed E-state index contributed by atoms with van der Waals surface area (Å²) in [5, 5.41) is 2.84. The summed E-state index contributed by atoms with van der Waals surface area (Å²) < 4.78 is 46.3. The molecule has 174 valence electrons. The number of rotatable bonds is 3. The SMILES string of the molecule is COc1cc(F)c2c(c1)[C@]1(CCN=C(N)O1)c1cc(NC(=O)c3ccc(Cl)cc3F)ccc1O2. The van der Waals surface area contributed by atoms with Gasteiger partial charge in [0.2, 0.25) is 0 Å². The molecule has 2 heterocycles. The maximum atomic E-state index is 14.9. The van der Waals surface area contributed by atoms with E-state index in [4.69, 9.17) is 31.5 Å². The maximum absolute atomic E-state index is 14.9. The number of halogens is 3. The fourth-order valence-electron chi connectivity index (χ4n) is 4.19. The highest BCUT2D eigenvalue weighted by atomic mass is 35.5. The molecule has 1 atom stereocenters. The van der Waals surface area contributed by atoms with Crippen LogP contribution in [0.3, 0.4) is 0 Å². The van der Waals surface area contributed by atoms with Gasteiger partial charge in [-0.15, -0.1) is 0 Å². The fourth-order valence-corrected chi connectivity index (χ4v) is 4.35. The van der Waals surface area contributed by atoms with Crippen LogP contribution in [-0.2, 0) is 10.3 Å². The van der Waals surface area contributed by atoms with Gasteiger partial charge in [0, 0.05) is 40.9 Å². The Labute approximate surface area is 198 Å². The lowest BCUT2D eigenvalue weighted by Crippen LogP contribution is -2.42. The largest absolute Gasteiger partial charge is 0.497 e. The average molecular weight is 486 g/mol. The molecule has 2 aliphatic rings. The number of benzene rings is 3. The number of anilines is 1. The third-order valence-electron chi connectivity index (χ3n) is 5.76. The lowest BCUT2D eigenvalue weighted by Gasteiger charge is -2.41. The molecule has 10 heteroatoms. The lowest BCUT2D eigenvalue weighted by atomic mass is 9.79. The smallest absolute Gasteiger partial charge is 0.283 e. The van der Waals surface area contributed by atoms with Gasteiger partial charge >= 0.3 is 0 Å². The fraction of sp³-hybridized carbons (Fsp3) is 0.167. The molecule has 0 unspecified atom stereocenters. The number of hydrogen-bond donors (Lipinski definition) is 2. The molecule has 0 saturated heterocycles. The Morgan fingerprint density at radius 1 is 1.15 bits per heavy atom. The number of carbonyl (C=O) groups excluding carboxylic acids is 1. The molecule has 3 aromatic rings. The van der Waals surface area contributed by atoms with Crippen LogP contribution in [0.4, 0.5) is 14.5 Å². The van der Waals surface area contributed by atoms with Crippen molar-refractivity contribution in [3.63, 3.8) is 0 Å². The molecule has 0 bridgehead atoms. The highest BCUT2D eigenvalue weighted by molar-refractivity contribution is 6.30. The van der Waals surface area contributed by atoms with Crippen LogP contribution in [0.5, 0.6) is 17.2 Å². The van der Waals surface area contributed by atoms with Gasteiger partial charge in [0.1, 0.15) is 17.3 Å². The Hall–Kier alpha value is -3.85. The van der Waals surface area contributed by atoms with E-state index in [0.717, 1.165) is 6.07 Å². The summed E-state index contributed by atoms with van der Waals surface area (Å²) in [6.07, 6.45) is 0.326. The number of amidine groups is 1. The second-order valence-electron chi connectivity index (χ2n) is 7.78. The van der Waals surface area contributed by atoms with E-state index in [9.17, 15) is 13.6 Å². The van der Waals surface area contributed by atoms with E-state index in [1.807, 2.05) is 0 Å². The van der Waals surface area contributed by atoms with Gasteiger partial charge in [-0.1, -0.05) is 11.6 Å². The van der Waals surface area contributed by atoms with Crippen LogP contribution >= 0.6 is 11.6 Å². The molecule has 1 spiro atoms. The molecule has 0 aliphatic carbocycles.